The minimum Gasteiger partial charge on any atom is -0.496 e. The molecule has 90 valence electrons. The Morgan fingerprint density at radius 3 is 2.38 bits per heavy atom. The van der Waals surface area contributed by atoms with Crippen molar-refractivity contribution in [3.8, 4) is 5.75 Å². The van der Waals surface area contributed by atoms with Gasteiger partial charge in [-0.05, 0) is 17.5 Å². The van der Waals surface area contributed by atoms with Crippen LogP contribution < -0.4 is 10.1 Å². The quantitative estimate of drug-likeness (QED) is 0.823. The molecule has 0 amide bonds. The first-order chi connectivity index (χ1) is 7.54. The maximum Gasteiger partial charge on any atom is 0.123 e. The van der Waals surface area contributed by atoms with Crippen molar-refractivity contribution >= 4 is 0 Å². The molecule has 0 spiro atoms. The zero-order valence-electron chi connectivity index (χ0n) is 11.0. The number of ether oxygens (including phenoxy) is 1. The second kappa shape index (κ2) is 5.90. The highest BCUT2D eigenvalue weighted by atomic mass is 16.5. The van der Waals surface area contributed by atoms with E-state index < -0.39 is 0 Å². The lowest BCUT2D eigenvalue weighted by molar-refractivity contribution is 0.406. The van der Waals surface area contributed by atoms with Gasteiger partial charge in [0.15, 0.2) is 0 Å². The van der Waals surface area contributed by atoms with E-state index in [0.717, 1.165) is 12.3 Å². The lowest BCUT2D eigenvalue weighted by atomic mass is 10.00. The average molecular weight is 221 g/mol. The molecule has 2 heteroatoms. The van der Waals surface area contributed by atoms with Gasteiger partial charge in [-0.1, -0.05) is 39.8 Å². The van der Waals surface area contributed by atoms with E-state index in [1.165, 1.54) is 11.1 Å². The molecule has 0 aliphatic heterocycles. The highest BCUT2D eigenvalue weighted by Crippen LogP contribution is 2.24. The predicted molar refractivity (Wildman–Crippen MR) is 69.1 cm³/mol. The molecule has 0 saturated carbocycles. The highest BCUT2D eigenvalue weighted by Gasteiger charge is 2.07. The fraction of sp³-hybridized carbons (Fsp3) is 0.571. The summed E-state index contributed by atoms with van der Waals surface area (Å²) in [6, 6.07) is 6.93. The molecule has 0 saturated heterocycles. The molecule has 0 unspecified atom stereocenters. The zero-order valence-corrected chi connectivity index (χ0v) is 11.0. The minimum atomic E-state index is 0.493. The third kappa shape index (κ3) is 3.53. The molecule has 0 heterocycles. The lowest BCUT2D eigenvalue weighted by Gasteiger charge is -2.14. The normalized spacial score (nSPS) is 11.2. The summed E-state index contributed by atoms with van der Waals surface area (Å²) in [6.07, 6.45) is 0. The number of rotatable bonds is 5. The molecule has 0 aliphatic rings. The van der Waals surface area contributed by atoms with Crippen LogP contribution in [0.1, 0.15) is 44.7 Å². The summed E-state index contributed by atoms with van der Waals surface area (Å²) in [5.41, 5.74) is 2.60. The monoisotopic (exact) mass is 221 g/mol. The second-order valence-electron chi connectivity index (χ2n) is 4.76. The minimum absolute atomic E-state index is 0.493. The number of hydrogen-bond acceptors (Lipinski definition) is 2. The van der Waals surface area contributed by atoms with E-state index in [9.17, 15) is 0 Å². The van der Waals surface area contributed by atoms with Crippen molar-refractivity contribution in [2.45, 2.75) is 46.2 Å². The van der Waals surface area contributed by atoms with Gasteiger partial charge in [-0.25, -0.2) is 0 Å². The van der Waals surface area contributed by atoms with E-state index in [1.54, 1.807) is 7.11 Å². The first-order valence-corrected chi connectivity index (χ1v) is 5.94. The molecule has 1 aromatic carbocycles. The van der Waals surface area contributed by atoms with Crippen LogP contribution in [0, 0.1) is 0 Å². The molecule has 0 bridgehead atoms. The Balaban J connectivity index is 2.88. The maximum atomic E-state index is 5.37. The average Bonchev–Trinajstić information content (AvgIpc) is 2.25. The van der Waals surface area contributed by atoms with Crippen LogP contribution in [0.4, 0.5) is 0 Å². The van der Waals surface area contributed by atoms with Gasteiger partial charge in [-0.2, -0.15) is 0 Å². The Kier molecular flexibility index (Phi) is 4.81. The molecule has 0 aromatic heterocycles. The molecule has 1 N–H and O–H groups in total. The van der Waals surface area contributed by atoms with E-state index in [1.807, 2.05) is 0 Å². The van der Waals surface area contributed by atoms with Crippen molar-refractivity contribution in [3.63, 3.8) is 0 Å². The molecular formula is C14H23NO. The van der Waals surface area contributed by atoms with Crippen molar-refractivity contribution in [1.29, 1.82) is 0 Å². The van der Waals surface area contributed by atoms with Gasteiger partial charge in [0.2, 0.25) is 0 Å². The summed E-state index contributed by atoms with van der Waals surface area (Å²) in [6.45, 7) is 9.59. The fourth-order valence-corrected chi connectivity index (χ4v) is 1.61. The topological polar surface area (TPSA) is 21.3 Å². The van der Waals surface area contributed by atoms with Crippen LogP contribution in [0.15, 0.2) is 18.2 Å². The number of methoxy groups -OCH3 is 1. The van der Waals surface area contributed by atoms with Gasteiger partial charge in [0, 0.05) is 18.2 Å². The van der Waals surface area contributed by atoms with Crippen LogP contribution in [0.3, 0.4) is 0 Å². The standard InChI is InChI=1S/C14H23NO/c1-10(2)12-6-7-14(16-5)13(8-12)9-15-11(3)4/h6-8,10-11,15H,9H2,1-5H3. The van der Waals surface area contributed by atoms with E-state index >= 15 is 0 Å². The summed E-state index contributed by atoms with van der Waals surface area (Å²) in [7, 11) is 1.73. The zero-order chi connectivity index (χ0) is 12.1. The van der Waals surface area contributed by atoms with E-state index in [2.05, 4.69) is 51.2 Å². The van der Waals surface area contributed by atoms with Crippen molar-refractivity contribution in [1.82, 2.24) is 5.32 Å². The van der Waals surface area contributed by atoms with E-state index in [-0.39, 0.29) is 0 Å². The molecule has 0 fully saturated rings. The molecule has 1 rings (SSSR count). The lowest BCUT2D eigenvalue weighted by Crippen LogP contribution is -2.22. The number of nitrogens with one attached hydrogen (secondary N) is 1. The predicted octanol–water partition coefficient (Wildman–Crippen LogP) is 3.32. The van der Waals surface area contributed by atoms with Gasteiger partial charge in [0.05, 0.1) is 7.11 Å². The van der Waals surface area contributed by atoms with Gasteiger partial charge < -0.3 is 10.1 Å². The van der Waals surface area contributed by atoms with Gasteiger partial charge in [-0.15, -0.1) is 0 Å². The summed E-state index contributed by atoms with van der Waals surface area (Å²) < 4.78 is 5.37. The summed E-state index contributed by atoms with van der Waals surface area (Å²) in [4.78, 5) is 0. The second-order valence-corrected chi connectivity index (χ2v) is 4.76. The van der Waals surface area contributed by atoms with Crippen LogP contribution >= 0.6 is 0 Å². The molecule has 16 heavy (non-hydrogen) atoms. The van der Waals surface area contributed by atoms with Crippen LogP contribution in [0.2, 0.25) is 0 Å². The molecule has 2 nitrogen and oxygen atoms in total. The number of benzene rings is 1. The third-order valence-corrected chi connectivity index (χ3v) is 2.67. The SMILES string of the molecule is COc1ccc(C(C)C)cc1CNC(C)C. The smallest absolute Gasteiger partial charge is 0.123 e. The summed E-state index contributed by atoms with van der Waals surface area (Å²) in [5.74, 6) is 1.53. The first kappa shape index (κ1) is 13.0. The molecule has 0 atom stereocenters. The summed E-state index contributed by atoms with van der Waals surface area (Å²) in [5, 5.41) is 3.42. The first-order valence-electron chi connectivity index (χ1n) is 5.94. The fourth-order valence-electron chi connectivity index (χ4n) is 1.61. The molecule has 0 radical (unpaired) electrons. The largest absolute Gasteiger partial charge is 0.496 e. The third-order valence-electron chi connectivity index (χ3n) is 2.67. The van der Waals surface area contributed by atoms with Crippen molar-refractivity contribution in [2.24, 2.45) is 0 Å². The van der Waals surface area contributed by atoms with Gasteiger partial charge >= 0.3 is 0 Å². The van der Waals surface area contributed by atoms with Crippen molar-refractivity contribution in [3.05, 3.63) is 29.3 Å². The van der Waals surface area contributed by atoms with Crippen molar-refractivity contribution in [2.75, 3.05) is 7.11 Å². The number of hydrogen-bond donors (Lipinski definition) is 1. The van der Waals surface area contributed by atoms with Crippen molar-refractivity contribution < 1.29 is 4.74 Å². The maximum absolute atomic E-state index is 5.37. The van der Waals surface area contributed by atoms with Gasteiger partial charge in [-0.3, -0.25) is 0 Å². The van der Waals surface area contributed by atoms with Crippen LogP contribution in [0.25, 0.3) is 0 Å². The molecular weight excluding hydrogens is 198 g/mol. The van der Waals surface area contributed by atoms with E-state index in [4.69, 9.17) is 4.74 Å². The van der Waals surface area contributed by atoms with E-state index in [0.29, 0.717) is 12.0 Å². The summed E-state index contributed by atoms with van der Waals surface area (Å²) >= 11 is 0. The Bertz CT molecular complexity index is 332. The van der Waals surface area contributed by atoms with Crippen LogP contribution in [0.5, 0.6) is 5.75 Å². The molecule has 0 aliphatic carbocycles. The van der Waals surface area contributed by atoms with Crippen LogP contribution in [-0.2, 0) is 6.54 Å². The Hall–Kier alpha value is -1.02. The van der Waals surface area contributed by atoms with Gasteiger partial charge in [0.1, 0.15) is 5.75 Å². The Labute approximate surface area is 99.0 Å². The van der Waals surface area contributed by atoms with Crippen LogP contribution in [-0.4, -0.2) is 13.2 Å². The molecule has 1 aromatic rings. The Morgan fingerprint density at radius 1 is 1.19 bits per heavy atom. The Morgan fingerprint density at radius 2 is 1.88 bits per heavy atom. The highest BCUT2D eigenvalue weighted by molar-refractivity contribution is 5.38. The van der Waals surface area contributed by atoms with Gasteiger partial charge in [0.25, 0.3) is 0 Å².